The maximum absolute atomic E-state index is 10.5. The molecule has 0 saturated carbocycles. The van der Waals surface area contributed by atoms with Crippen LogP contribution in [0.5, 0.6) is 17.2 Å². The van der Waals surface area contributed by atoms with Gasteiger partial charge in [-0.05, 0) is 11.6 Å². The Morgan fingerprint density at radius 3 is 1.97 bits per heavy atom. The van der Waals surface area contributed by atoms with E-state index in [0.29, 0.717) is 18.0 Å². The molecule has 1 N–H and O–H groups in total. The first-order valence-electron chi connectivity index (χ1n) is 9.61. The van der Waals surface area contributed by atoms with Crippen LogP contribution < -0.4 is 14.2 Å². The number of nitrogens with zero attached hydrogens (tertiary/aromatic N) is 2. The molecule has 1 aliphatic rings. The summed E-state index contributed by atoms with van der Waals surface area (Å²) in [6.07, 6.45) is -0.446. The van der Waals surface area contributed by atoms with Gasteiger partial charge in [-0.15, -0.1) is 24.8 Å². The molecule has 0 aromatic heterocycles. The van der Waals surface area contributed by atoms with E-state index in [1.165, 1.54) is 0 Å². The van der Waals surface area contributed by atoms with E-state index in [2.05, 4.69) is 9.80 Å². The van der Waals surface area contributed by atoms with Crippen LogP contribution in [0.25, 0.3) is 0 Å². The third-order valence-electron chi connectivity index (χ3n) is 5.26. The first-order chi connectivity index (χ1) is 13.7. The average Bonchev–Trinajstić information content (AvgIpc) is 2.75. The molecule has 6 nitrogen and oxygen atoms in total. The number of methoxy groups -OCH3 is 3. The predicted octanol–water partition coefficient (Wildman–Crippen LogP) is 3.41. The second-order valence-electron chi connectivity index (χ2n) is 7.00. The topological polar surface area (TPSA) is 54.4 Å². The Labute approximate surface area is 191 Å². The second-order valence-corrected chi connectivity index (χ2v) is 7.00. The van der Waals surface area contributed by atoms with Crippen LogP contribution in [0.3, 0.4) is 0 Å². The van der Waals surface area contributed by atoms with Gasteiger partial charge in [0, 0.05) is 44.8 Å². The zero-order chi connectivity index (χ0) is 19.9. The normalized spacial score (nSPS) is 15.5. The highest BCUT2D eigenvalue weighted by Crippen LogP contribution is 2.40. The standard InChI is InChI=1S/C22H30N2O4.2ClH/c1-26-20-10-9-18(21(27-2)22(20)28-3)15-23-11-13-24(14-12-23)16-19(25)17-7-5-4-6-8-17;;/h4-10,19,25H,11-16H2,1-3H3;2*1H. The fraction of sp³-hybridized carbons (Fsp3) is 0.455. The molecule has 0 spiro atoms. The molecule has 1 aliphatic heterocycles. The molecular weight excluding hydrogens is 427 g/mol. The Bertz CT molecular complexity index is 756. The molecule has 0 radical (unpaired) electrons. The van der Waals surface area contributed by atoms with Crippen LogP contribution in [0.1, 0.15) is 17.2 Å². The number of halogens is 2. The highest BCUT2D eigenvalue weighted by atomic mass is 35.5. The first-order valence-corrected chi connectivity index (χ1v) is 9.61. The molecule has 1 atom stereocenters. The number of hydrogen-bond acceptors (Lipinski definition) is 6. The molecule has 8 heteroatoms. The van der Waals surface area contributed by atoms with Crippen LogP contribution in [-0.2, 0) is 6.54 Å². The lowest BCUT2D eigenvalue weighted by Crippen LogP contribution is -2.47. The van der Waals surface area contributed by atoms with E-state index in [1.54, 1.807) is 21.3 Å². The summed E-state index contributed by atoms with van der Waals surface area (Å²) in [5.74, 6) is 2.03. The summed E-state index contributed by atoms with van der Waals surface area (Å²) in [6.45, 7) is 5.20. The van der Waals surface area contributed by atoms with Gasteiger partial charge < -0.3 is 19.3 Å². The molecular formula is C22H32Cl2N2O4. The molecule has 1 saturated heterocycles. The van der Waals surface area contributed by atoms with Gasteiger partial charge in [0.15, 0.2) is 11.5 Å². The third kappa shape index (κ3) is 6.40. The molecule has 0 bridgehead atoms. The summed E-state index contributed by atoms with van der Waals surface area (Å²) in [6, 6.07) is 13.8. The van der Waals surface area contributed by atoms with Gasteiger partial charge in [-0.25, -0.2) is 0 Å². The van der Waals surface area contributed by atoms with Crippen LogP contribution in [0, 0.1) is 0 Å². The maximum Gasteiger partial charge on any atom is 0.203 e. The number of hydrogen-bond donors (Lipinski definition) is 1. The van der Waals surface area contributed by atoms with Gasteiger partial charge in [0.1, 0.15) is 0 Å². The Morgan fingerprint density at radius 2 is 1.40 bits per heavy atom. The third-order valence-corrected chi connectivity index (χ3v) is 5.26. The second kappa shape index (κ2) is 12.9. The van der Waals surface area contributed by atoms with Crippen molar-refractivity contribution < 1.29 is 19.3 Å². The number of aliphatic hydroxyl groups is 1. The molecule has 0 amide bonds. The molecule has 1 fully saturated rings. The molecule has 30 heavy (non-hydrogen) atoms. The summed E-state index contributed by atoms with van der Waals surface area (Å²) in [5.41, 5.74) is 2.05. The van der Waals surface area contributed by atoms with Gasteiger partial charge in [0.25, 0.3) is 0 Å². The van der Waals surface area contributed by atoms with Crippen molar-refractivity contribution in [3.8, 4) is 17.2 Å². The molecule has 2 aromatic rings. The SMILES string of the molecule is COc1ccc(CN2CCN(CC(O)c3ccccc3)CC2)c(OC)c1OC.Cl.Cl. The summed E-state index contributed by atoms with van der Waals surface area (Å²) in [5, 5.41) is 10.5. The zero-order valence-electron chi connectivity index (χ0n) is 17.7. The fourth-order valence-electron chi connectivity index (χ4n) is 3.68. The van der Waals surface area contributed by atoms with Gasteiger partial charge in [-0.2, -0.15) is 0 Å². The van der Waals surface area contributed by atoms with Gasteiger partial charge in [-0.3, -0.25) is 9.80 Å². The van der Waals surface area contributed by atoms with Crippen LogP contribution in [-0.4, -0.2) is 69.0 Å². The van der Waals surface area contributed by atoms with Crippen LogP contribution in [0.2, 0.25) is 0 Å². The Hall–Kier alpha value is -1.70. The molecule has 3 rings (SSSR count). The van der Waals surface area contributed by atoms with E-state index >= 15 is 0 Å². The Balaban J connectivity index is 0.00000225. The van der Waals surface area contributed by atoms with Gasteiger partial charge in [0.2, 0.25) is 5.75 Å². The number of benzene rings is 2. The predicted molar refractivity (Wildman–Crippen MR) is 124 cm³/mol. The smallest absolute Gasteiger partial charge is 0.203 e. The van der Waals surface area contributed by atoms with Gasteiger partial charge in [-0.1, -0.05) is 36.4 Å². The average molecular weight is 459 g/mol. The van der Waals surface area contributed by atoms with Crippen molar-refractivity contribution in [2.45, 2.75) is 12.6 Å². The lowest BCUT2D eigenvalue weighted by molar-refractivity contribution is 0.0698. The number of aliphatic hydroxyl groups excluding tert-OH is 1. The van der Waals surface area contributed by atoms with E-state index in [1.807, 2.05) is 42.5 Å². The van der Waals surface area contributed by atoms with Crippen molar-refractivity contribution in [1.82, 2.24) is 9.80 Å². The quantitative estimate of drug-likeness (QED) is 0.653. The van der Waals surface area contributed by atoms with Crippen LogP contribution in [0.4, 0.5) is 0 Å². The number of piperazine rings is 1. The van der Waals surface area contributed by atoms with Crippen molar-refractivity contribution >= 4 is 24.8 Å². The maximum atomic E-state index is 10.5. The van der Waals surface area contributed by atoms with E-state index < -0.39 is 6.10 Å². The van der Waals surface area contributed by atoms with Crippen LogP contribution >= 0.6 is 24.8 Å². The van der Waals surface area contributed by atoms with E-state index in [-0.39, 0.29) is 24.8 Å². The fourth-order valence-corrected chi connectivity index (χ4v) is 3.68. The van der Waals surface area contributed by atoms with Crippen molar-refractivity contribution in [3.05, 3.63) is 53.6 Å². The van der Waals surface area contributed by atoms with Gasteiger partial charge >= 0.3 is 0 Å². The lowest BCUT2D eigenvalue weighted by Gasteiger charge is -2.36. The Kier molecular flexibility index (Phi) is 11.3. The number of ether oxygens (including phenoxy) is 3. The van der Waals surface area contributed by atoms with E-state index in [0.717, 1.165) is 49.6 Å². The molecule has 168 valence electrons. The van der Waals surface area contributed by atoms with E-state index in [4.69, 9.17) is 14.2 Å². The van der Waals surface area contributed by atoms with Gasteiger partial charge in [0.05, 0.1) is 27.4 Å². The number of β-amino-alcohol motifs (C(OH)–C–C–N with tert-alkyl or cyclic N) is 1. The molecule has 1 unspecified atom stereocenters. The molecule has 2 aromatic carbocycles. The summed E-state index contributed by atoms with van der Waals surface area (Å²) >= 11 is 0. The summed E-state index contributed by atoms with van der Waals surface area (Å²) in [4.78, 5) is 4.72. The minimum absolute atomic E-state index is 0. The highest BCUT2D eigenvalue weighted by Gasteiger charge is 2.22. The molecule has 0 aliphatic carbocycles. The lowest BCUT2D eigenvalue weighted by atomic mass is 10.1. The minimum Gasteiger partial charge on any atom is -0.493 e. The Morgan fingerprint density at radius 1 is 0.800 bits per heavy atom. The number of rotatable bonds is 8. The summed E-state index contributed by atoms with van der Waals surface area (Å²) in [7, 11) is 4.91. The largest absolute Gasteiger partial charge is 0.493 e. The summed E-state index contributed by atoms with van der Waals surface area (Å²) < 4.78 is 16.4. The van der Waals surface area contributed by atoms with E-state index in [9.17, 15) is 5.11 Å². The first kappa shape index (κ1) is 26.3. The molecule has 1 heterocycles. The highest BCUT2D eigenvalue weighted by molar-refractivity contribution is 5.85. The zero-order valence-corrected chi connectivity index (χ0v) is 19.4. The van der Waals surface area contributed by atoms with Crippen molar-refractivity contribution in [1.29, 1.82) is 0 Å². The monoisotopic (exact) mass is 458 g/mol. The minimum atomic E-state index is -0.446. The van der Waals surface area contributed by atoms with Crippen molar-refractivity contribution in [2.75, 3.05) is 54.1 Å². The van der Waals surface area contributed by atoms with Crippen LogP contribution in [0.15, 0.2) is 42.5 Å². The van der Waals surface area contributed by atoms with Crippen molar-refractivity contribution in [2.24, 2.45) is 0 Å². The van der Waals surface area contributed by atoms with Crippen molar-refractivity contribution in [3.63, 3.8) is 0 Å².